The second-order valence-corrected chi connectivity index (χ2v) is 1.70. The Morgan fingerprint density at radius 1 is 1.88 bits per heavy atom. The summed E-state index contributed by atoms with van der Waals surface area (Å²) in [4.78, 5) is 10.4. The molecule has 2 atom stereocenters. The van der Waals surface area contributed by atoms with Gasteiger partial charge in [-0.1, -0.05) is 5.53 Å². The van der Waals surface area contributed by atoms with Crippen molar-refractivity contribution >= 4 is 5.91 Å². The first-order chi connectivity index (χ1) is 3.72. The maximum atomic E-state index is 10.4. The van der Waals surface area contributed by atoms with Gasteiger partial charge in [0.2, 0.25) is 0 Å². The maximum absolute atomic E-state index is 10.4. The van der Waals surface area contributed by atoms with Gasteiger partial charge in [0, 0.05) is 0 Å². The summed E-state index contributed by atoms with van der Waals surface area (Å²) < 4.78 is 0. The van der Waals surface area contributed by atoms with Crippen LogP contribution in [0.1, 0.15) is 6.92 Å². The molecular weight excluding hydrogens is 110 g/mol. The van der Waals surface area contributed by atoms with Crippen LogP contribution in [0.2, 0.25) is 0 Å². The molecule has 0 aromatic rings. The molecule has 1 aliphatic heterocycles. The molecule has 46 valence electrons. The zero-order chi connectivity index (χ0) is 6.15. The van der Waals surface area contributed by atoms with Crippen LogP contribution in [0.5, 0.6) is 0 Å². The molecule has 1 saturated heterocycles. The average Bonchev–Trinajstić information content (AvgIpc) is 1.98. The van der Waals surface area contributed by atoms with Crippen LogP contribution in [0.3, 0.4) is 0 Å². The predicted molar refractivity (Wildman–Crippen MR) is 25.1 cm³/mol. The van der Waals surface area contributed by atoms with E-state index in [1.807, 2.05) is 0 Å². The van der Waals surface area contributed by atoms with Crippen LogP contribution in [0.25, 0.3) is 0 Å². The van der Waals surface area contributed by atoms with E-state index >= 15 is 0 Å². The van der Waals surface area contributed by atoms with Crippen molar-refractivity contribution in [2.24, 2.45) is 0 Å². The second kappa shape index (κ2) is 1.70. The Labute approximate surface area is 46.2 Å². The van der Waals surface area contributed by atoms with Crippen LogP contribution in [-0.2, 0) is 4.79 Å². The summed E-state index contributed by atoms with van der Waals surface area (Å²) in [6.07, 6.45) is 0. The van der Waals surface area contributed by atoms with E-state index in [2.05, 4.69) is 11.0 Å². The fourth-order valence-electron chi connectivity index (χ4n) is 0.459. The Hall–Kier alpha value is -0.650. The monoisotopic (exact) mass is 117 g/mol. The van der Waals surface area contributed by atoms with Gasteiger partial charge in [0.05, 0.1) is 0 Å². The Bertz CT molecular complexity index is 115. The Kier molecular flexibility index (Phi) is 1.16. The lowest BCUT2D eigenvalue weighted by atomic mass is 10.4. The number of amides is 1. The van der Waals surface area contributed by atoms with Crippen molar-refractivity contribution < 1.29 is 9.97 Å². The van der Waals surface area contributed by atoms with E-state index in [0.29, 0.717) is 0 Å². The third kappa shape index (κ3) is 0.664. The minimum absolute atomic E-state index is 0.255. The normalized spacial score (nSPS) is 37.5. The number of hydrogen-bond donors (Lipinski definition) is 3. The number of hydrazine groups is 1. The smallest absolute Gasteiger partial charge is 0.298 e. The lowest BCUT2D eigenvalue weighted by Crippen LogP contribution is -3.15. The van der Waals surface area contributed by atoms with Crippen LogP contribution in [0.4, 0.5) is 0 Å². The van der Waals surface area contributed by atoms with Crippen LogP contribution < -0.4 is 16.1 Å². The van der Waals surface area contributed by atoms with Crippen LogP contribution in [-0.4, -0.2) is 11.9 Å². The van der Waals surface area contributed by atoms with Gasteiger partial charge in [-0.05, 0) is 6.92 Å². The van der Waals surface area contributed by atoms with E-state index in [1.165, 1.54) is 0 Å². The molecule has 0 aromatic carbocycles. The zero-order valence-corrected chi connectivity index (χ0v) is 4.39. The van der Waals surface area contributed by atoms with Crippen molar-refractivity contribution in [3.8, 4) is 0 Å². The van der Waals surface area contributed by atoms with Crippen molar-refractivity contribution in [3.63, 3.8) is 0 Å². The minimum Gasteiger partial charge on any atom is -0.611 e. The maximum Gasteiger partial charge on any atom is 0.298 e. The molecule has 1 amide bonds. The summed E-state index contributed by atoms with van der Waals surface area (Å²) in [5.41, 5.74) is 4.36. The molecule has 1 fully saturated rings. The lowest BCUT2D eigenvalue weighted by molar-refractivity contribution is -0.903. The van der Waals surface area contributed by atoms with Crippen molar-refractivity contribution in [1.82, 2.24) is 11.0 Å². The van der Waals surface area contributed by atoms with Gasteiger partial charge in [-0.15, -0.1) is 0 Å². The topological polar surface area (TPSA) is 68.6 Å². The van der Waals surface area contributed by atoms with Crippen molar-refractivity contribution in [2.45, 2.75) is 13.0 Å². The lowest BCUT2D eigenvalue weighted by Gasteiger charge is -2.14. The first-order valence-electron chi connectivity index (χ1n) is 2.31. The number of carbonyl (C=O) groups is 1. The molecule has 0 radical (unpaired) electrons. The molecule has 1 aliphatic rings. The minimum atomic E-state index is -0.519. The predicted octanol–water partition coefficient (Wildman–Crippen LogP) is -2.69. The van der Waals surface area contributed by atoms with Gasteiger partial charge in [0.25, 0.3) is 5.91 Å². The quantitative estimate of drug-likeness (QED) is 0.302. The summed E-state index contributed by atoms with van der Waals surface area (Å²) in [7, 11) is 0. The molecule has 2 unspecified atom stereocenters. The molecule has 1 rings (SSSR count). The number of carbonyl (C=O) groups excluding carboxylic acids is 1. The van der Waals surface area contributed by atoms with Gasteiger partial charge in [-0.25, -0.2) is 5.43 Å². The highest BCUT2D eigenvalue weighted by atomic mass is 16.6. The van der Waals surface area contributed by atoms with E-state index in [0.717, 1.165) is 0 Å². The average molecular weight is 117 g/mol. The number of hydroxylamine groups is 1. The highest BCUT2D eigenvalue weighted by molar-refractivity contribution is 5.80. The highest BCUT2D eigenvalue weighted by Gasteiger charge is 2.26. The molecule has 0 bridgehead atoms. The van der Waals surface area contributed by atoms with E-state index in [9.17, 15) is 10.0 Å². The van der Waals surface area contributed by atoms with Gasteiger partial charge in [-0.2, -0.15) is 0 Å². The molecule has 0 saturated carbocycles. The van der Waals surface area contributed by atoms with E-state index in [-0.39, 0.29) is 11.1 Å². The van der Waals surface area contributed by atoms with Crippen LogP contribution >= 0.6 is 0 Å². The van der Waals surface area contributed by atoms with Gasteiger partial charge < -0.3 is 5.21 Å². The highest BCUT2D eigenvalue weighted by Crippen LogP contribution is 1.74. The van der Waals surface area contributed by atoms with Crippen LogP contribution in [0, 0.1) is 5.21 Å². The molecule has 0 aromatic heterocycles. The summed E-state index contributed by atoms with van der Waals surface area (Å²) in [5, 5.41) is 10.1. The Morgan fingerprint density at radius 2 is 2.50 bits per heavy atom. The molecule has 0 spiro atoms. The van der Waals surface area contributed by atoms with Gasteiger partial charge in [0.1, 0.15) is 0 Å². The molecule has 5 nitrogen and oxygen atoms in total. The molecular formula is C3H7N3O2. The fraction of sp³-hybridized carbons (Fsp3) is 0.667. The molecule has 3 N–H and O–H groups in total. The number of quaternary nitrogens is 1. The van der Waals surface area contributed by atoms with E-state index in [4.69, 9.17) is 0 Å². The zero-order valence-electron chi connectivity index (χ0n) is 4.39. The molecule has 5 heteroatoms. The van der Waals surface area contributed by atoms with E-state index < -0.39 is 6.04 Å². The Balaban J connectivity index is 2.56. The molecule has 8 heavy (non-hydrogen) atoms. The van der Waals surface area contributed by atoms with Gasteiger partial charge in [-0.3, -0.25) is 9.97 Å². The van der Waals surface area contributed by atoms with E-state index in [1.54, 1.807) is 6.92 Å². The number of rotatable bonds is 0. The van der Waals surface area contributed by atoms with Crippen LogP contribution in [0.15, 0.2) is 0 Å². The summed E-state index contributed by atoms with van der Waals surface area (Å²) in [6, 6.07) is -0.519. The largest absolute Gasteiger partial charge is 0.611 e. The molecule has 1 heterocycles. The van der Waals surface area contributed by atoms with Gasteiger partial charge in [0.15, 0.2) is 6.04 Å². The Morgan fingerprint density at radius 3 is 2.62 bits per heavy atom. The second-order valence-electron chi connectivity index (χ2n) is 1.70. The first kappa shape index (κ1) is 5.49. The fourth-order valence-corrected chi connectivity index (χ4v) is 0.459. The standard InChI is InChI=1S/C3H7N3O2/c1-2-3(7)4-5-6(2)8/h2,5-6H,1H3,(H,4,7). The molecule has 0 aliphatic carbocycles. The summed E-state index contributed by atoms with van der Waals surface area (Å²) in [5.74, 6) is -0.255. The number of hydrogen-bond acceptors (Lipinski definition) is 3. The van der Waals surface area contributed by atoms with Crippen molar-refractivity contribution in [2.75, 3.05) is 0 Å². The first-order valence-corrected chi connectivity index (χ1v) is 2.31. The SMILES string of the molecule is CC1C(=O)NN[NH+]1[O-]. The number of nitrogens with one attached hydrogen (secondary N) is 3. The van der Waals surface area contributed by atoms with Gasteiger partial charge >= 0.3 is 0 Å². The third-order valence-corrected chi connectivity index (χ3v) is 1.10. The van der Waals surface area contributed by atoms with Crippen molar-refractivity contribution in [1.29, 1.82) is 0 Å². The summed E-state index contributed by atoms with van der Waals surface area (Å²) in [6.45, 7) is 1.55. The summed E-state index contributed by atoms with van der Waals surface area (Å²) >= 11 is 0. The third-order valence-electron chi connectivity index (χ3n) is 1.10. The van der Waals surface area contributed by atoms with Crippen molar-refractivity contribution in [3.05, 3.63) is 5.21 Å².